The molecule has 0 aliphatic rings. The second-order valence-corrected chi connectivity index (χ2v) is 8.01. The zero-order chi connectivity index (χ0) is 21.7. The van der Waals surface area contributed by atoms with E-state index in [9.17, 15) is 14.0 Å². The summed E-state index contributed by atoms with van der Waals surface area (Å²) in [5.74, 6) is -1.58. The Bertz CT molecular complexity index is 1070. The number of hydrogen-bond donors (Lipinski definition) is 1. The zero-order valence-electron chi connectivity index (χ0n) is 17.2. The molecule has 0 spiro atoms. The molecule has 1 amide bonds. The summed E-state index contributed by atoms with van der Waals surface area (Å²) in [6.45, 7) is 3.81. The molecule has 0 fully saturated rings. The van der Waals surface area contributed by atoms with Crippen molar-refractivity contribution in [2.45, 2.75) is 26.3 Å². The number of unbranched alkanes of at least 4 members (excludes halogenated alkanes) is 1. The largest absolute Gasteiger partial charge is 0.465 e. The molecule has 0 saturated carbocycles. The molecule has 0 aliphatic carbocycles. The fraction of sp³-hybridized carbons (Fsp3) is 0.318. The maximum atomic E-state index is 13.5. The molecule has 3 aromatic rings. The van der Waals surface area contributed by atoms with E-state index in [1.54, 1.807) is 0 Å². The van der Waals surface area contributed by atoms with Crippen LogP contribution in [0.3, 0.4) is 0 Å². The number of benzene rings is 1. The second-order valence-electron chi connectivity index (χ2n) is 7.01. The van der Waals surface area contributed by atoms with Crippen molar-refractivity contribution in [2.24, 2.45) is 0 Å². The number of ether oxygens (including phenoxy) is 1. The number of hydrogen-bond acceptors (Lipinski definition) is 6. The van der Waals surface area contributed by atoms with Crippen molar-refractivity contribution < 1.29 is 18.7 Å². The summed E-state index contributed by atoms with van der Waals surface area (Å²) in [7, 11) is 3.33. The summed E-state index contributed by atoms with van der Waals surface area (Å²) >= 11 is 1.16. The number of amides is 1. The van der Waals surface area contributed by atoms with Gasteiger partial charge >= 0.3 is 5.97 Å². The highest BCUT2D eigenvalue weighted by atomic mass is 32.1. The number of nitrogens with zero attached hydrogens (tertiary/aromatic N) is 2. The molecule has 0 atom stereocenters. The van der Waals surface area contributed by atoms with Gasteiger partial charge in [-0.3, -0.25) is 4.79 Å². The van der Waals surface area contributed by atoms with Gasteiger partial charge in [0.05, 0.1) is 18.5 Å². The van der Waals surface area contributed by atoms with Crippen molar-refractivity contribution in [1.29, 1.82) is 0 Å². The Morgan fingerprint density at radius 1 is 1.27 bits per heavy atom. The molecule has 1 N–H and O–H groups in total. The molecule has 158 valence electrons. The van der Waals surface area contributed by atoms with Crippen molar-refractivity contribution in [3.63, 3.8) is 0 Å². The van der Waals surface area contributed by atoms with E-state index in [0.29, 0.717) is 22.4 Å². The Hall–Kier alpha value is -2.84. The number of rotatable bonds is 8. The lowest BCUT2D eigenvalue weighted by atomic mass is 10.2. The van der Waals surface area contributed by atoms with E-state index in [-0.39, 0.29) is 10.4 Å². The first-order chi connectivity index (χ1) is 14.4. The van der Waals surface area contributed by atoms with Gasteiger partial charge in [-0.1, -0.05) is 19.4 Å². The normalized spacial score (nSPS) is 11.1. The minimum absolute atomic E-state index is 0.160. The van der Waals surface area contributed by atoms with E-state index < -0.39 is 17.7 Å². The number of methoxy groups -OCH3 is 1. The van der Waals surface area contributed by atoms with Crippen molar-refractivity contribution in [2.75, 3.05) is 26.0 Å². The number of anilines is 1. The van der Waals surface area contributed by atoms with E-state index in [4.69, 9.17) is 4.74 Å². The summed E-state index contributed by atoms with van der Waals surface area (Å²) in [4.78, 5) is 32.7. The van der Waals surface area contributed by atoms with Gasteiger partial charge < -0.3 is 15.0 Å². The van der Waals surface area contributed by atoms with Gasteiger partial charge in [-0.25, -0.2) is 14.2 Å². The summed E-state index contributed by atoms with van der Waals surface area (Å²) in [6, 6.07) is 9.10. The number of carbonyl (C=O) groups is 2. The summed E-state index contributed by atoms with van der Waals surface area (Å²) < 4.78 is 18.4. The molecular formula is C22H24FN3O3S. The average molecular weight is 430 g/mol. The van der Waals surface area contributed by atoms with Crippen molar-refractivity contribution >= 4 is 39.1 Å². The lowest BCUT2D eigenvalue weighted by Gasteiger charge is -2.15. The van der Waals surface area contributed by atoms with Crippen LogP contribution in [0.1, 0.15) is 45.5 Å². The molecule has 1 aromatic carbocycles. The molecule has 2 aromatic heterocycles. The molecule has 0 bridgehead atoms. The highest BCUT2D eigenvalue weighted by Gasteiger charge is 2.22. The molecule has 8 heteroatoms. The van der Waals surface area contributed by atoms with Gasteiger partial charge in [0.1, 0.15) is 15.5 Å². The number of esters is 1. The average Bonchev–Trinajstić information content (AvgIpc) is 3.09. The molecule has 0 unspecified atom stereocenters. The van der Waals surface area contributed by atoms with Crippen LogP contribution in [-0.2, 0) is 11.3 Å². The van der Waals surface area contributed by atoms with Crippen LogP contribution in [0.15, 0.2) is 36.4 Å². The third-order valence-corrected chi connectivity index (χ3v) is 5.71. The lowest BCUT2D eigenvalue weighted by molar-refractivity contribution is 0.0607. The topological polar surface area (TPSA) is 71.5 Å². The fourth-order valence-electron chi connectivity index (χ4n) is 3.06. The second kappa shape index (κ2) is 9.77. The fourth-order valence-corrected chi connectivity index (χ4v) is 4.13. The third kappa shape index (κ3) is 5.01. The quantitative estimate of drug-likeness (QED) is 0.525. The number of aromatic nitrogens is 1. The zero-order valence-corrected chi connectivity index (χ0v) is 18.0. The molecule has 0 radical (unpaired) electrons. The maximum absolute atomic E-state index is 13.5. The summed E-state index contributed by atoms with van der Waals surface area (Å²) in [5, 5.41) is 3.38. The number of nitrogens with one attached hydrogen (secondary N) is 1. The lowest BCUT2D eigenvalue weighted by Crippen LogP contribution is -2.19. The molecular weight excluding hydrogens is 405 g/mol. The van der Waals surface area contributed by atoms with Gasteiger partial charge in [-0.05, 0) is 50.3 Å². The van der Waals surface area contributed by atoms with Gasteiger partial charge in [0.15, 0.2) is 0 Å². The Balaban J connectivity index is 1.93. The summed E-state index contributed by atoms with van der Waals surface area (Å²) in [6.07, 6.45) is 2.24. The minimum Gasteiger partial charge on any atom is -0.465 e. The van der Waals surface area contributed by atoms with Gasteiger partial charge in [0, 0.05) is 17.5 Å². The van der Waals surface area contributed by atoms with Crippen LogP contribution >= 0.6 is 11.3 Å². The number of halogens is 1. The van der Waals surface area contributed by atoms with Crippen LogP contribution in [0.5, 0.6) is 0 Å². The number of pyridine rings is 1. The van der Waals surface area contributed by atoms with Crippen molar-refractivity contribution in [3.8, 4) is 0 Å². The van der Waals surface area contributed by atoms with Crippen LogP contribution in [0.4, 0.5) is 10.1 Å². The Kier molecular flexibility index (Phi) is 7.12. The van der Waals surface area contributed by atoms with Gasteiger partial charge in [0.2, 0.25) is 0 Å². The molecule has 2 heterocycles. The molecule has 30 heavy (non-hydrogen) atoms. The van der Waals surface area contributed by atoms with Crippen LogP contribution in [0.25, 0.3) is 10.2 Å². The van der Waals surface area contributed by atoms with E-state index in [0.717, 1.165) is 42.5 Å². The van der Waals surface area contributed by atoms with Crippen LogP contribution in [0.2, 0.25) is 0 Å². The van der Waals surface area contributed by atoms with Gasteiger partial charge in [-0.2, -0.15) is 0 Å². The van der Waals surface area contributed by atoms with Crippen molar-refractivity contribution in [1.82, 2.24) is 9.88 Å². The van der Waals surface area contributed by atoms with Crippen LogP contribution < -0.4 is 5.32 Å². The monoisotopic (exact) mass is 429 g/mol. The number of thiophene rings is 1. The standard InChI is InChI=1S/C22H24FN3O3S/c1-4-5-11-26(2)13-16-9-10-17-18(19(22(28)29-3)30-21(17)24-16)25-20(27)14-7-6-8-15(23)12-14/h6-10,12H,4-5,11,13H2,1-3H3,(H,25,27). The molecule has 0 saturated heterocycles. The Morgan fingerprint density at radius 2 is 2.07 bits per heavy atom. The number of fused-ring (bicyclic) bond motifs is 1. The minimum atomic E-state index is -0.561. The smallest absolute Gasteiger partial charge is 0.350 e. The summed E-state index contributed by atoms with van der Waals surface area (Å²) in [5.41, 5.74) is 1.36. The number of carbonyl (C=O) groups excluding carboxylic acids is 2. The first-order valence-electron chi connectivity index (χ1n) is 9.69. The van der Waals surface area contributed by atoms with Crippen LogP contribution in [-0.4, -0.2) is 42.5 Å². The van der Waals surface area contributed by atoms with Gasteiger partial charge in [0.25, 0.3) is 5.91 Å². The Labute approximate surface area is 178 Å². The SMILES string of the molecule is CCCCN(C)Cc1ccc2c(NC(=O)c3cccc(F)c3)c(C(=O)OC)sc2n1. The van der Waals surface area contributed by atoms with E-state index >= 15 is 0 Å². The van der Waals surface area contributed by atoms with Crippen molar-refractivity contribution in [3.05, 3.63) is 58.3 Å². The van der Waals surface area contributed by atoms with E-state index in [1.807, 2.05) is 19.2 Å². The highest BCUT2D eigenvalue weighted by molar-refractivity contribution is 7.21. The highest BCUT2D eigenvalue weighted by Crippen LogP contribution is 2.36. The first kappa shape index (κ1) is 21.9. The predicted octanol–water partition coefficient (Wildman–Crippen LogP) is 4.71. The van der Waals surface area contributed by atoms with E-state index in [1.165, 1.54) is 25.3 Å². The molecule has 3 rings (SSSR count). The third-order valence-electron chi connectivity index (χ3n) is 4.63. The van der Waals surface area contributed by atoms with Crippen LogP contribution in [0, 0.1) is 5.82 Å². The van der Waals surface area contributed by atoms with Gasteiger partial charge in [-0.15, -0.1) is 11.3 Å². The predicted molar refractivity (Wildman–Crippen MR) is 117 cm³/mol. The molecule has 6 nitrogen and oxygen atoms in total. The maximum Gasteiger partial charge on any atom is 0.350 e. The van der Waals surface area contributed by atoms with E-state index in [2.05, 4.69) is 22.1 Å². The first-order valence-corrected chi connectivity index (χ1v) is 10.5. The Morgan fingerprint density at radius 3 is 2.77 bits per heavy atom. The molecule has 0 aliphatic heterocycles.